The number of ether oxygens (including phenoxy) is 2. The number of aryl methyl sites for hydroxylation is 1. The molecule has 24 heavy (non-hydrogen) atoms. The Hall–Kier alpha value is -1.51. The van der Waals surface area contributed by atoms with Gasteiger partial charge < -0.3 is 24.8 Å². The first-order chi connectivity index (χ1) is 11.3. The van der Waals surface area contributed by atoms with Crippen LogP contribution in [0.3, 0.4) is 0 Å². The average Bonchev–Trinajstić information content (AvgIpc) is 2.51. The molecule has 9 heteroatoms. The lowest BCUT2D eigenvalue weighted by Gasteiger charge is -2.14. The van der Waals surface area contributed by atoms with Crippen molar-refractivity contribution in [2.45, 2.75) is 6.92 Å². The number of nitrogens with one attached hydrogen (secondary N) is 1. The van der Waals surface area contributed by atoms with Crippen LogP contribution in [0.5, 0.6) is 11.5 Å². The van der Waals surface area contributed by atoms with Crippen LogP contribution in [-0.4, -0.2) is 29.5 Å². The molecule has 0 saturated carbocycles. The van der Waals surface area contributed by atoms with Gasteiger partial charge in [0, 0.05) is 16.6 Å². The summed E-state index contributed by atoms with van der Waals surface area (Å²) in [7, 11) is -0.175. The smallest absolute Gasteiger partial charge is 0.490 e. The molecular weight excluding hydrogens is 372 g/mol. The molecule has 0 aliphatic heterocycles. The van der Waals surface area contributed by atoms with E-state index in [4.69, 9.17) is 44.9 Å². The van der Waals surface area contributed by atoms with E-state index in [1.165, 1.54) is 12.1 Å². The fraction of sp³-hybridized carbons (Fsp3) is 0.133. The summed E-state index contributed by atoms with van der Waals surface area (Å²) in [6, 6.07) is 8.13. The Kier molecular flexibility index (Phi) is 6.31. The third-order valence-corrected chi connectivity index (χ3v) is 4.02. The van der Waals surface area contributed by atoms with Crippen LogP contribution >= 0.6 is 35.4 Å². The van der Waals surface area contributed by atoms with E-state index in [9.17, 15) is 10.0 Å². The van der Waals surface area contributed by atoms with Gasteiger partial charge in [-0.1, -0.05) is 29.3 Å². The van der Waals surface area contributed by atoms with Crippen LogP contribution in [0.4, 0.5) is 5.69 Å². The minimum Gasteiger partial charge on any atom is -0.497 e. The van der Waals surface area contributed by atoms with E-state index < -0.39 is 7.12 Å². The number of halogens is 2. The maximum absolute atomic E-state index is 9.31. The van der Waals surface area contributed by atoms with Crippen molar-refractivity contribution in [1.82, 2.24) is 0 Å². The second kappa shape index (κ2) is 8.05. The van der Waals surface area contributed by atoms with Gasteiger partial charge >= 0.3 is 7.12 Å². The van der Waals surface area contributed by atoms with Crippen LogP contribution in [0.2, 0.25) is 10.0 Å². The molecule has 2 rings (SSSR count). The molecule has 2 aromatic rings. The molecule has 0 radical (unpaired) electrons. The highest BCUT2D eigenvalue weighted by Crippen LogP contribution is 2.27. The van der Waals surface area contributed by atoms with Gasteiger partial charge in [-0.2, -0.15) is 0 Å². The Labute approximate surface area is 155 Å². The Balaban J connectivity index is 2.20. The van der Waals surface area contributed by atoms with E-state index in [1.807, 2.05) is 19.1 Å². The zero-order valence-electron chi connectivity index (χ0n) is 12.8. The van der Waals surface area contributed by atoms with E-state index in [1.54, 1.807) is 13.2 Å². The SMILES string of the molecule is COc1ccc(C)c(OC(=S)Nc2cc(B(O)O)c(Cl)cc2Cl)c1. The van der Waals surface area contributed by atoms with Crippen LogP contribution in [0.1, 0.15) is 5.56 Å². The number of hydrogen-bond acceptors (Lipinski definition) is 5. The Morgan fingerprint density at radius 2 is 1.88 bits per heavy atom. The van der Waals surface area contributed by atoms with Gasteiger partial charge in [-0.15, -0.1) is 0 Å². The molecule has 0 amide bonds. The Morgan fingerprint density at radius 1 is 1.17 bits per heavy atom. The van der Waals surface area contributed by atoms with Crippen molar-refractivity contribution < 1.29 is 19.5 Å². The number of thiocarbonyl (C=S) groups is 1. The van der Waals surface area contributed by atoms with Gasteiger partial charge in [-0.3, -0.25) is 0 Å². The minimum atomic E-state index is -1.73. The summed E-state index contributed by atoms with van der Waals surface area (Å²) < 4.78 is 10.7. The highest BCUT2D eigenvalue weighted by Gasteiger charge is 2.18. The number of methoxy groups -OCH3 is 1. The summed E-state index contributed by atoms with van der Waals surface area (Å²) in [5.74, 6) is 1.16. The molecule has 3 N–H and O–H groups in total. The van der Waals surface area contributed by atoms with Crippen molar-refractivity contribution in [3.05, 3.63) is 45.9 Å². The van der Waals surface area contributed by atoms with Crippen LogP contribution < -0.4 is 20.3 Å². The molecule has 0 unspecified atom stereocenters. The molecule has 0 aliphatic carbocycles. The van der Waals surface area contributed by atoms with Crippen molar-refractivity contribution in [3.8, 4) is 11.5 Å². The van der Waals surface area contributed by atoms with Crippen molar-refractivity contribution in [2.24, 2.45) is 0 Å². The molecule has 0 aliphatic rings. The van der Waals surface area contributed by atoms with Gasteiger partial charge in [0.1, 0.15) is 11.5 Å². The highest BCUT2D eigenvalue weighted by atomic mass is 35.5. The summed E-state index contributed by atoms with van der Waals surface area (Å²) in [5.41, 5.74) is 1.31. The van der Waals surface area contributed by atoms with Crippen LogP contribution in [0.15, 0.2) is 30.3 Å². The summed E-state index contributed by atoms with van der Waals surface area (Å²) in [4.78, 5) is 0. The molecule has 0 bridgehead atoms. The fourth-order valence-corrected chi connectivity index (χ4v) is 2.64. The monoisotopic (exact) mass is 385 g/mol. The third-order valence-electron chi connectivity index (χ3n) is 3.20. The quantitative estimate of drug-likeness (QED) is 0.555. The summed E-state index contributed by atoms with van der Waals surface area (Å²) >= 11 is 17.2. The molecule has 0 heterocycles. The Morgan fingerprint density at radius 3 is 2.50 bits per heavy atom. The van der Waals surface area contributed by atoms with Gasteiger partial charge in [0.25, 0.3) is 5.17 Å². The molecule has 0 saturated heterocycles. The van der Waals surface area contributed by atoms with E-state index in [-0.39, 0.29) is 20.7 Å². The van der Waals surface area contributed by atoms with Gasteiger partial charge in [0.05, 0.1) is 17.8 Å². The van der Waals surface area contributed by atoms with E-state index in [2.05, 4.69) is 5.32 Å². The van der Waals surface area contributed by atoms with E-state index in [0.29, 0.717) is 17.2 Å². The summed E-state index contributed by atoms with van der Waals surface area (Å²) in [6.45, 7) is 1.87. The number of hydrogen-bond donors (Lipinski definition) is 3. The van der Waals surface area contributed by atoms with Gasteiger partial charge in [0.15, 0.2) is 0 Å². The molecule has 5 nitrogen and oxygen atoms in total. The average molecular weight is 386 g/mol. The zero-order chi connectivity index (χ0) is 17.9. The number of rotatable bonds is 4. The minimum absolute atomic E-state index is 0.0361. The number of benzene rings is 2. The lowest BCUT2D eigenvalue weighted by atomic mass is 9.80. The molecule has 0 atom stereocenters. The van der Waals surface area contributed by atoms with Crippen molar-refractivity contribution in [2.75, 3.05) is 12.4 Å². The predicted octanol–water partition coefficient (Wildman–Crippen LogP) is 2.77. The van der Waals surface area contributed by atoms with Gasteiger partial charge in [-0.05, 0) is 42.9 Å². The lowest BCUT2D eigenvalue weighted by molar-refractivity contribution is 0.411. The molecule has 0 fully saturated rings. The lowest BCUT2D eigenvalue weighted by Crippen LogP contribution is -2.31. The van der Waals surface area contributed by atoms with Gasteiger partial charge in [-0.25, -0.2) is 0 Å². The molecule has 0 aromatic heterocycles. The van der Waals surface area contributed by atoms with Crippen molar-refractivity contribution in [1.29, 1.82) is 0 Å². The first-order valence-corrected chi connectivity index (χ1v) is 7.96. The summed E-state index contributed by atoms with van der Waals surface area (Å²) in [6.07, 6.45) is 0. The van der Waals surface area contributed by atoms with Crippen LogP contribution in [0, 0.1) is 6.92 Å². The van der Waals surface area contributed by atoms with Crippen LogP contribution in [0.25, 0.3) is 0 Å². The topological polar surface area (TPSA) is 71.0 Å². The zero-order valence-corrected chi connectivity index (χ0v) is 15.2. The van der Waals surface area contributed by atoms with Crippen molar-refractivity contribution in [3.63, 3.8) is 0 Å². The summed E-state index contributed by atoms with van der Waals surface area (Å²) in [5, 5.41) is 21.8. The first-order valence-electron chi connectivity index (χ1n) is 6.80. The predicted molar refractivity (Wildman–Crippen MR) is 101 cm³/mol. The normalized spacial score (nSPS) is 10.2. The van der Waals surface area contributed by atoms with E-state index >= 15 is 0 Å². The molecule has 126 valence electrons. The van der Waals surface area contributed by atoms with Crippen molar-refractivity contribution >= 4 is 58.9 Å². The van der Waals surface area contributed by atoms with E-state index in [0.717, 1.165) is 5.56 Å². The maximum atomic E-state index is 9.31. The third kappa shape index (κ3) is 4.52. The largest absolute Gasteiger partial charge is 0.497 e. The molecule has 2 aromatic carbocycles. The molecule has 0 spiro atoms. The second-order valence-electron chi connectivity index (χ2n) is 4.87. The highest BCUT2D eigenvalue weighted by molar-refractivity contribution is 7.80. The molecular formula is C15H14BCl2NO4S. The van der Waals surface area contributed by atoms with Crippen LogP contribution in [-0.2, 0) is 0 Å². The maximum Gasteiger partial charge on any atom is 0.490 e. The fourth-order valence-electron chi connectivity index (χ4n) is 1.91. The first kappa shape index (κ1) is 18.8. The van der Waals surface area contributed by atoms with Gasteiger partial charge in [0.2, 0.25) is 0 Å². The standard InChI is InChI=1S/C15H14BCl2NO4S/c1-8-3-4-9(22-2)5-14(8)23-15(24)19-13-6-10(16(20)21)11(17)7-12(13)18/h3-7,20-21H,1-2H3,(H,19,24). The Bertz CT molecular complexity index is 773. The second-order valence-corrected chi connectivity index (χ2v) is 6.06. The number of anilines is 1.